The van der Waals surface area contributed by atoms with Crippen molar-refractivity contribution in [3.8, 4) is 5.75 Å². The first-order chi connectivity index (χ1) is 9.42. The first-order valence-electron chi connectivity index (χ1n) is 5.70. The molecule has 7 heteroatoms. The van der Waals surface area contributed by atoms with Crippen LogP contribution in [0, 0.1) is 6.92 Å². The van der Waals surface area contributed by atoms with E-state index in [9.17, 15) is 8.42 Å². The number of sulfonamides is 1. The summed E-state index contributed by atoms with van der Waals surface area (Å²) in [6.45, 7) is 1.82. The van der Waals surface area contributed by atoms with E-state index in [1.165, 1.54) is 25.4 Å². The van der Waals surface area contributed by atoms with Crippen LogP contribution in [-0.2, 0) is 10.0 Å². The zero-order valence-electron chi connectivity index (χ0n) is 10.9. The second-order valence-corrected chi connectivity index (χ2v) is 6.24. The molecule has 0 aliphatic rings. The van der Waals surface area contributed by atoms with Gasteiger partial charge in [0.2, 0.25) is 0 Å². The highest BCUT2D eigenvalue weighted by Gasteiger charge is 2.20. The Balaban J connectivity index is 2.43. The molecule has 0 radical (unpaired) electrons. The molecule has 0 saturated carbocycles. The lowest BCUT2D eigenvalue weighted by Gasteiger charge is -2.12. The van der Waals surface area contributed by atoms with Crippen LogP contribution < -0.4 is 9.46 Å². The maximum Gasteiger partial charge on any atom is 0.265 e. The Morgan fingerprint density at radius 3 is 2.65 bits per heavy atom. The van der Waals surface area contributed by atoms with E-state index in [0.717, 1.165) is 5.56 Å². The highest BCUT2D eigenvalue weighted by molar-refractivity contribution is 7.92. The Morgan fingerprint density at radius 2 is 2.00 bits per heavy atom. The van der Waals surface area contributed by atoms with Gasteiger partial charge < -0.3 is 4.74 Å². The van der Waals surface area contributed by atoms with Gasteiger partial charge in [0.15, 0.2) is 0 Å². The quantitative estimate of drug-likeness (QED) is 0.942. The van der Waals surface area contributed by atoms with Gasteiger partial charge in [-0.3, -0.25) is 9.71 Å². The van der Waals surface area contributed by atoms with Gasteiger partial charge in [0, 0.05) is 11.2 Å². The van der Waals surface area contributed by atoms with Gasteiger partial charge >= 0.3 is 0 Å². The fourth-order valence-corrected chi connectivity index (χ4v) is 3.15. The van der Waals surface area contributed by atoms with Crippen LogP contribution >= 0.6 is 11.6 Å². The molecule has 106 valence electrons. The molecule has 0 atom stereocenters. The number of halogens is 1. The summed E-state index contributed by atoms with van der Waals surface area (Å²) in [4.78, 5) is 3.92. The van der Waals surface area contributed by atoms with Crippen molar-refractivity contribution in [2.75, 3.05) is 11.8 Å². The minimum atomic E-state index is -3.79. The predicted octanol–water partition coefficient (Wildman–Crippen LogP) is 2.85. The lowest BCUT2D eigenvalue weighted by Crippen LogP contribution is -2.14. The van der Waals surface area contributed by atoms with Crippen LogP contribution in [-0.4, -0.2) is 20.5 Å². The van der Waals surface area contributed by atoms with Gasteiger partial charge in [-0.15, -0.1) is 0 Å². The second-order valence-electron chi connectivity index (χ2n) is 4.15. The van der Waals surface area contributed by atoms with Crippen molar-refractivity contribution >= 4 is 27.3 Å². The molecule has 0 spiro atoms. The topological polar surface area (TPSA) is 68.3 Å². The Bertz CT molecular complexity index is 732. The number of nitrogens with one attached hydrogen (secondary N) is 1. The Kier molecular flexibility index (Phi) is 4.15. The standard InChI is InChI=1S/C13H13ClN2O3S/c1-9-5-11(8-15-7-9)16-20(17,18)13-6-10(14)3-4-12(13)19-2/h3-8,16H,1-2H3. The van der Waals surface area contributed by atoms with E-state index in [2.05, 4.69) is 9.71 Å². The molecule has 0 saturated heterocycles. The van der Waals surface area contributed by atoms with E-state index >= 15 is 0 Å². The van der Waals surface area contributed by atoms with Crippen LogP contribution in [0.15, 0.2) is 41.6 Å². The van der Waals surface area contributed by atoms with Crippen molar-refractivity contribution in [2.24, 2.45) is 0 Å². The summed E-state index contributed by atoms with van der Waals surface area (Å²) in [6.07, 6.45) is 3.07. The summed E-state index contributed by atoms with van der Waals surface area (Å²) in [7, 11) is -2.40. The molecule has 0 amide bonds. The average Bonchev–Trinajstić information content (AvgIpc) is 2.38. The molecule has 1 N–H and O–H groups in total. The lowest BCUT2D eigenvalue weighted by atomic mass is 10.3. The van der Waals surface area contributed by atoms with Gasteiger partial charge in [0.05, 0.1) is 19.0 Å². The molecule has 2 rings (SSSR count). The Labute approximate surface area is 122 Å². The molecule has 0 bridgehead atoms. The molecular weight excluding hydrogens is 300 g/mol. The number of rotatable bonds is 4. The molecule has 5 nitrogen and oxygen atoms in total. The largest absolute Gasteiger partial charge is 0.495 e. The zero-order chi connectivity index (χ0) is 14.8. The van der Waals surface area contributed by atoms with Crippen LogP contribution in [0.25, 0.3) is 0 Å². The van der Waals surface area contributed by atoms with E-state index in [-0.39, 0.29) is 10.6 Å². The SMILES string of the molecule is COc1ccc(Cl)cc1S(=O)(=O)Nc1cncc(C)c1. The first-order valence-corrected chi connectivity index (χ1v) is 7.56. The Morgan fingerprint density at radius 1 is 1.25 bits per heavy atom. The highest BCUT2D eigenvalue weighted by Crippen LogP contribution is 2.28. The molecule has 1 heterocycles. The fourth-order valence-electron chi connectivity index (χ4n) is 1.68. The first kappa shape index (κ1) is 14.6. The number of nitrogens with zero attached hydrogens (tertiary/aromatic N) is 1. The van der Waals surface area contributed by atoms with E-state index in [4.69, 9.17) is 16.3 Å². The number of methoxy groups -OCH3 is 1. The van der Waals surface area contributed by atoms with Gasteiger partial charge in [0.25, 0.3) is 10.0 Å². The summed E-state index contributed by atoms with van der Waals surface area (Å²) in [5.74, 6) is 0.225. The maximum atomic E-state index is 12.4. The number of aryl methyl sites for hydroxylation is 1. The van der Waals surface area contributed by atoms with Crippen molar-refractivity contribution in [3.63, 3.8) is 0 Å². The molecule has 0 fully saturated rings. The van der Waals surface area contributed by atoms with E-state index < -0.39 is 10.0 Å². The monoisotopic (exact) mass is 312 g/mol. The molecule has 0 aliphatic heterocycles. The van der Waals surface area contributed by atoms with E-state index in [0.29, 0.717) is 10.7 Å². The van der Waals surface area contributed by atoms with Crippen molar-refractivity contribution in [2.45, 2.75) is 11.8 Å². The molecule has 1 aromatic heterocycles. The van der Waals surface area contributed by atoms with Gasteiger partial charge in [0.1, 0.15) is 10.6 Å². The van der Waals surface area contributed by atoms with Crippen LogP contribution in [0.3, 0.4) is 0 Å². The van der Waals surface area contributed by atoms with Gasteiger partial charge in [-0.25, -0.2) is 8.42 Å². The Hall–Kier alpha value is -1.79. The van der Waals surface area contributed by atoms with Crippen LogP contribution in [0.5, 0.6) is 5.75 Å². The number of hydrogen-bond donors (Lipinski definition) is 1. The maximum absolute atomic E-state index is 12.4. The van der Waals surface area contributed by atoms with Crippen molar-refractivity contribution in [3.05, 3.63) is 47.2 Å². The van der Waals surface area contributed by atoms with Crippen molar-refractivity contribution < 1.29 is 13.2 Å². The molecular formula is C13H13ClN2O3S. The zero-order valence-corrected chi connectivity index (χ0v) is 12.5. The molecule has 0 aliphatic carbocycles. The summed E-state index contributed by atoms with van der Waals surface area (Å²) in [5.41, 5.74) is 1.23. The third-order valence-corrected chi connectivity index (χ3v) is 4.18. The smallest absolute Gasteiger partial charge is 0.265 e. The van der Waals surface area contributed by atoms with E-state index in [1.54, 1.807) is 18.3 Å². The number of ether oxygens (including phenoxy) is 1. The van der Waals surface area contributed by atoms with Gasteiger partial charge in [-0.2, -0.15) is 0 Å². The highest BCUT2D eigenvalue weighted by atomic mass is 35.5. The lowest BCUT2D eigenvalue weighted by molar-refractivity contribution is 0.403. The average molecular weight is 313 g/mol. The third-order valence-electron chi connectivity index (χ3n) is 2.54. The number of anilines is 1. The molecule has 20 heavy (non-hydrogen) atoms. The normalized spacial score (nSPS) is 11.2. The molecule has 2 aromatic rings. The molecule has 0 unspecified atom stereocenters. The van der Waals surface area contributed by atoms with Crippen molar-refractivity contribution in [1.82, 2.24) is 4.98 Å². The summed E-state index contributed by atoms with van der Waals surface area (Å²) >= 11 is 5.85. The third kappa shape index (κ3) is 3.20. The second kappa shape index (κ2) is 5.68. The minimum Gasteiger partial charge on any atom is -0.495 e. The summed E-state index contributed by atoms with van der Waals surface area (Å²) < 4.78 is 32.2. The number of pyridine rings is 1. The van der Waals surface area contributed by atoms with Crippen molar-refractivity contribution in [1.29, 1.82) is 0 Å². The summed E-state index contributed by atoms with van der Waals surface area (Å²) in [6, 6.07) is 6.09. The van der Waals surface area contributed by atoms with Gasteiger partial charge in [-0.05, 0) is 36.8 Å². The van der Waals surface area contributed by atoms with Crippen LogP contribution in [0.1, 0.15) is 5.56 Å². The van der Waals surface area contributed by atoms with Crippen LogP contribution in [0.2, 0.25) is 5.02 Å². The fraction of sp³-hybridized carbons (Fsp3) is 0.154. The van der Waals surface area contributed by atoms with Crippen LogP contribution in [0.4, 0.5) is 5.69 Å². The molecule has 1 aromatic carbocycles. The number of benzene rings is 1. The van der Waals surface area contributed by atoms with Gasteiger partial charge in [-0.1, -0.05) is 11.6 Å². The number of hydrogen-bond acceptors (Lipinski definition) is 4. The predicted molar refractivity (Wildman–Crippen MR) is 77.8 cm³/mol. The summed E-state index contributed by atoms with van der Waals surface area (Å²) in [5, 5.41) is 0.313. The van der Waals surface area contributed by atoms with E-state index in [1.807, 2.05) is 6.92 Å². The minimum absolute atomic E-state index is 0.0194. The number of aromatic nitrogens is 1.